The molecule has 0 fully saturated rings. The summed E-state index contributed by atoms with van der Waals surface area (Å²) in [5, 5.41) is 2.51. The third-order valence-corrected chi connectivity index (χ3v) is 7.53. The van der Waals surface area contributed by atoms with Gasteiger partial charge < -0.3 is 9.72 Å². The first kappa shape index (κ1) is 25.9. The number of fused-ring (bicyclic) bond motifs is 5. The van der Waals surface area contributed by atoms with Crippen molar-refractivity contribution in [2.24, 2.45) is 0 Å². The lowest BCUT2D eigenvalue weighted by Crippen LogP contribution is -2.37. The van der Waals surface area contributed by atoms with E-state index in [1.807, 2.05) is 0 Å². The van der Waals surface area contributed by atoms with Gasteiger partial charge >= 0.3 is 5.97 Å². The number of thiazole rings is 1. The monoisotopic (exact) mass is 566 g/mol. The summed E-state index contributed by atoms with van der Waals surface area (Å²) in [5.74, 6) is -6.49. The van der Waals surface area contributed by atoms with Gasteiger partial charge in [0.1, 0.15) is 5.69 Å². The molecule has 1 aliphatic rings. The van der Waals surface area contributed by atoms with Crippen LogP contribution in [-0.2, 0) is 19.1 Å². The van der Waals surface area contributed by atoms with Crippen LogP contribution >= 0.6 is 11.3 Å². The summed E-state index contributed by atoms with van der Waals surface area (Å²) in [5.41, 5.74) is -0.523. The minimum absolute atomic E-state index is 0.0295. The van der Waals surface area contributed by atoms with Gasteiger partial charge in [-0.25, -0.2) is 9.97 Å². The van der Waals surface area contributed by atoms with Crippen LogP contribution in [-0.4, -0.2) is 50.8 Å². The maximum absolute atomic E-state index is 13.3. The van der Waals surface area contributed by atoms with Gasteiger partial charge in [0, 0.05) is 16.7 Å². The van der Waals surface area contributed by atoms with Gasteiger partial charge in [0.15, 0.2) is 22.6 Å². The molecule has 2 N–H and O–H groups in total. The number of carbonyl (C=O) groups excluding carboxylic acids is 5. The molecule has 0 radical (unpaired) electrons. The van der Waals surface area contributed by atoms with E-state index in [1.165, 1.54) is 25.1 Å². The maximum atomic E-state index is 13.3. The Labute approximate surface area is 234 Å². The number of aromatic amines is 1. The summed E-state index contributed by atoms with van der Waals surface area (Å²) in [7, 11) is 0. The molecule has 1 aliphatic carbocycles. The van der Waals surface area contributed by atoms with Crippen LogP contribution in [0.2, 0.25) is 0 Å². The summed E-state index contributed by atoms with van der Waals surface area (Å²) in [4.78, 5) is 89.9. The number of esters is 1. The fourth-order valence-electron chi connectivity index (χ4n) is 4.73. The highest BCUT2D eigenvalue weighted by Crippen LogP contribution is 2.31. The first-order valence-electron chi connectivity index (χ1n) is 12.4. The third kappa shape index (κ3) is 4.30. The minimum atomic E-state index is -1.99. The second-order valence-corrected chi connectivity index (χ2v) is 10.1. The van der Waals surface area contributed by atoms with Crippen LogP contribution in [0.25, 0.3) is 21.3 Å². The Morgan fingerprint density at radius 2 is 1.59 bits per heavy atom. The Morgan fingerprint density at radius 1 is 0.878 bits per heavy atom. The van der Waals surface area contributed by atoms with Crippen LogP contribution in [0.5, 0.6) is 0 Å². The number of aromatic nitrogens is 3. The van der Waals surface area contributed by atoms with E-state index in [0.717, 1.165) is 16.0 Å². The first-order valence-corrected chi connectivity index (χ1v) is 13.2. The van der Waals surface area contributed by atoms with Crippen LogP contribution in [0.15, 0.2) is 65.5 Å². The van der Waals surface area contributed by atoms with Gasteiger partial charge in [0.2, 0.25) is 5.78 Å². The molecule has 41 heavy (non-hydrogen) atoms. The van der Waals surface area contributed by atoms with E-state index in [4.69, 9.17) is 4.74 Å². The molecule has 5 aromatic rings. The summed E-state index contributed by atoms with van der Waals surface area (Å²) in [6, 6.07) is 16.2. The molecule has 1 atom stereocenters. The summed E-state index contributed by atoms with van der Waals surface area (Å²) < 4.78 is 5.78. The molecule has 1 amide bonds. The Hall–Kier alpha value is -5.36. The molecule has 0 unspecified atom stereocenters. The predicted molar refractivity (Wildman–Crippen MR) is 148 cm³/mol. The van der Waals surface area contributed by atoms with E-state index >= 15 is 0 Å². The normalized spacial score (nSPS) is 13.0. The van der Waals surface area contributed by atoms with Crippen molar-refractivity contribution in [3.8, 4) is 0 Å². The topological polar surface area (TPSA) is 165 Å². The van der Waals surface area contributed by atoms with Crippen molar-refractivity contribution >= 4 is 66.9 Å². The molecule has 11 nitrogen and oxygen atoms in total. The number of Topliss-reactive ketones (excluding diaryl/α,β-unsaturated/α-hetero) is 1. The SMILES string of the molecule is CCOC(=O)[C@H](C(=O)C(=O)Nc1nc2ccccc2s1)c1nc2ccc3c(c2[nH]c1=O)C(=O)c1ccccc1C3=O. The highest BCUT2D eigenvalue weighted by atomic mass is 32.1. The van der Waals surface area contributed by atoms with Gasteiger partial charge in [-0.3, -0.25) is 34.1 Å². The van der Waals surface area contributed by atoms with Crippen LogP contribution in [0.3, 0.4) is 0 Å². The number of ether oxygens (including phenoxy) is 1. The number of nitrogens with one attached hydrogen (secondary N) is 2. The molecular weight excluding hydrogens is 548 g/mol. The quantitative estimate of drug-likeness (QED) is 0.175. The number of hydrogen-bond donors (Lipinski definition) is 2. The van der Waals surface area contributed by atoms with Gasteiger partial charge in [-0.15, -0.1) is 0 Å². The van der Waals surface area contributed by atoms with E-state index in [2.05, 4.69) is 20.3 Å². The number of benzene rings is 3. The van der Waals surface area contributed by atoms with E-state index in [0.29, 0.717) is 5.52 Å². The minimum Gasteiger partial charge on any atom is -0.465 e. The number of hydrogen-bond acceptors (Lipinski definition) is 10. The van der Waals surface area contributed by atoms with Gasteiger partial charge in [0.05, 0.1) is 33.4 Å². The lowest BCUT2D eigenvalue weighted by Gasteiger charge is -2.19. The van der Waals surface area contributed by atoms with Crippen molar-refractivity contribution in [2.75, 3.05) is 11.9 Å². The van der Waals surface area contributed by atoms with Crippen LogP contribution in [0.1, 0.15) is 50.4 Å². The van der Waals surface area contributed by atoms with E-state index in [1.54, 1.807) is 42.5 Å². The number of carbonyl (C=O) groups is 5. The second-order valence-electron chi connectivity index (χ2n) is 9.03. The number of ketones is 3. The number of rotatable bonds is 6. The standard InChI is InChI=1S/C29H18N4O7S/c1-2-40-28(39)20(25(36)27(38)33-29-31-16-9-5-6-10-18(16)41-29)22-26(37)32-21-17(30-22)12-11-15-19(21)24(35)14-8-4-3-7-13(14)23(15)34/h3-12,20H,2H2,1H3,(H,32,37)(H,31,33,38)/t20-/m0/s1. The van der Waals surface area contributed by atoms with Crippen molar-refractivity contribution in [1.82, 2.24) is 15.0 Å². The van der Waals surface area contributed by atoms with Crippen LogP contribution in [0.4, 0.5) is 5.13 Å². The average Bonchev–Trinajstić information content (AvgIpc) is 3.38. The highest BCUT2D eigenvalue weighted by molar-refractivity contribution is 7.22. The van der Waals surface area contributed by atoms with Crippen molar-refractivity contribution < 1.29 is 28.7 Å². The molecule has 3 aromatic carbocycles. The van der Waals surface area contributed by atoms with Crippen molar-refractivity contribution in [3.63, 3.8) is 0 Å². The molecule has 0 aliphatic heterocycles. The zero-order valence-electron chi connectivity index (χ0n) is 21.2. The zero-order chi connectivity index (χ0) is 28.8. The first-order chi connectivity index (χ1) is 19.8. The third-order valence-electron chi connectivity index (χ3n) is 6.58. The summed E-state index contributed by atoms with van der Waals surface area (Å²) in [6.45, 7) is 1.38. The van der Waals surface area contributed by atoms with Gasteiger partial charge in [-0.2, -0.15) is 0 Å². The van der Waals surface area contributed by atoms with E-state index in [9.17, 15) is 28.8 Å². The molecule has 6 rings (SSSR count). The fraction of sp³-hybridized carbons (Fsp3) is 0.103. The maximum Gasteiger partial charge on any atom is 0.323 e. The molecule has 0 bridgehead atoms. The second kappa shape index (κ2) is 9.99. The fourth-order valence-corrected chi connectivity index (χ4v) is 5.59. The number of amides is 1. The van der Waals surface area contributed by atoms with Crippen molar-refractivity contribution in [2.45, 2.75) is 12.8 Å². The molecule has 2 heterocycles. The lowest BCUT2D eigenvalue weighted by molar-refractivity contribution is -0.150. The van der Waals surface area contributed by atoms with Crippen molar-refractivity contribution in [3.05, 3.63) is 99.0 Å². The lowest BCUT2D eigenvalue weighted by atomic mass is 9.83. The highest BCUT2D eigenvalue weighted by Gasteiger charge is 2.39. The molecule has 12 heteroatoms. The summed E-state index contributed by atoms with van der Waals surface area (Å²) in [6.07, 6.45) is 0. The predicted octanol–water partition coefficient (Wildman–Crippen LogP) is 3.16. The molecule has 0 saturated heterocycles. The van der Waals surface area contributed by atoms with Gasteiger partial charge in [-0.05, 0) is 31.2 Å². The average molecular weight is 567 g/mol. The number of H-pyrrole nitrogens is 1. The Balaban J connectivity index is 1.41. The summed E-state index contributed by atoms with van der Waals surface area (Å²) >= 11 is 1.13. The van der Waals surface area contributed by atoms with Gasteiger partial charge in [-0.1, -0.05) is 47.7 Å². The van der Waals surface area contributed by atoms with Crippen LogP contribution in [0, 0.1) is 0 Å². The smallest absolute Gasteiger partial charge is 0.323 e. The molecular formula is C29H18N4O7S. The molecule has 202 valence electrons. The Bertz CT molecular complexity index is 1990. The van der Waals surface area contributed by atoms with E-state index < -0.39 is 46.4 Å². The molecule has 2 aromatic heterocycles. The number of nitrogens with zero attached hydrogens (tertiary/aromatic N) is 2. The number of anilines is 1. The zero-order valence-corrected chi connectivity index (χ0v) is 22.0. The Morgan fingerprint density at radius 3 is 2.32 bits per heavy atom. The Kier molecular flexibility index (Phi) is 6.31. The number of para-hydroxylation sites is 1. The largest absolute Gasteiger partial charge is 0.465 e. The van der Waals surface area contributed by atoms with Crippen molar-refractivity contribution in [1.29, 1.82) is 0 Å². The van der Waals surface area contributed by atoms with Gasteiger partial charge in [0.25, 0.3) is 11.5 Å². The molecule has 0 saturated carbocycles. The van der Waals surface area contributed by atoms with Crippen LogP contribution < -0.4 is 10.9 Å². The van der Waals surface area contributed by atoms with E-state index in [-0.39, 0.29) is 45.0 Å². The molecule has 0 spiro atoms.